The molecule has 0 radical (unpaired) electrons. The quantitative estimate of drug-likeness (QED) is 0.795. The molecule has 2 fully saturated rings. The lowest BCUT2D eigenvalue weighted by molar-refractivity contribution is 0.0883. The van der Waals surface area contributed by atoms with Gasteiger partial charge >= 0.3 is 6.03 Å². The van der Waals surface area contributed by atoms with Gasteiger partial charge in [0.05, 0.1) is 6.10 Å². The molecule has 24 heavy (non-hydrogen) atoms. The number of rotatable bonds is 3. The van der Waals surface area contributed by atoms with Crippen LogP contribution in [-0.2, 0) is 0 Å². The minimum Gasteiger partial charge on any atom is -0.391 e. The van der Waals surface area contributed by atoms with E-state index in [1.165, 1.54) is 12.8 Å². The summed E-state index contributed by atoms with van der Waals surface area (Å²) >= 11 is 0. The molecule has 1 aliphatic heterocycles. The highest BCUT2D eigenvalue weighted by Gasteiger charge is 2.22. The van der Waals surface area contributed by atoms with Crippen LogP contribution in [0.25, 0.3) is 0 Å². The van der Waals surface area contributed by atoms with Gasteiger partial charge in [-0.25, -0.2) is 4.79 Å². The number of hydrogen-bond acceptors (Lipinski definition) is 3. The Balaban J connectivity index is 1.53. The van der Waals surface area contributed by atoms with E-state index in [4.69, 9.17) is 0 Å². The van der Waals surface area contributed by atoms with Gasteiger partial charge in [-0.1, -0.05) is 12.8 Å². The standard InChI is InChI=1S/C18H25N3O3/c22-16-6-3-11-21(12-16)18(24)20-15-9-7-13(8-10-15)17(23)19-14-4-1-2-5-14/h7-10,14,16,22H,1-6,11-12H2,(H,19,23)(H,20,24)/t16-/m1/s1. The van der Waals surface area contributed by atoms with Gasteiger partial charge in [0.25, 0.3) is 5.91 Å². The zero-order valence-electron chi connectivity index (χ0n) is 13.8. The highest BCUT2D eigenvalue weighted by atomic mass is 16.3. The molecule has 1 aliphatic carbocycles. The monoisotopic (exact) mass is 331 g/mol. The van der Waals surface area contributed by atoms with Gasteiger partial charge in [0, 0.05) is 30.4 Å². The number of likely N-dealkylation sites (tertiary alicyclic amines) is 1. The highest BCUT2D eigenvalue weighted by molar-refractivity contribution is 5.95. The van der Waals surface area contributed by atoms with E-state index >= 15 is 0 Å². The number of nitrogens with one attached hydrogen (secondary N) is 2. The summed E-state index contributed by atoms with van der Waals surface area (Å²) < 4.78 is 0. The molecule has 1 atom stereocenters. The molecular formula is C18H25N3O3. The fraction of sp³-hybridized carbons (Fsp3) is 0.556. The van der Waals surface area contributed by atoms with Crippen molar-refractivity contribution in [1.82, 2.24) is 10.2 Å². The van der Waals surface area contributed by atoms with Crippen molar-refractivity contribution in [3.05, 3.63) is 29.8 Å². The number of aliphatic hydroxyl groups is 1. The third-order valence-corrected chi connectivity index (χ3v) is 4.77. The summed E-state index contributed by atoms with van der Waals surface area (Å²) in [7, 11) is 0. The van der Waals surface area contributed by atoms with Crippen LogP contribution in [0.1, 0.15) is 48.9 Å². The fourth-order valence-corrected chi connectivity index (χ4v) is 3.39. The number of hydrogen-bond donors (Lipinski definition) is 3. The average Bonchev–Trinajstić information content (AvgIpc) is 3.08. The molecule has 1 aromatic rings. The van der Waals surface area contributed by atoms with Crippen molar-refractivity contribution >= 4 is 17.6 Å². The number of carbonyl (C=O) groups excluding carboxylic acids is 2. The lowest BCUT2D eigenvalue weighted by Gasteiger charge is -2.30. The first-order valence-corrected chi connectivity index (χ1v) is 8.77. The molecule has 3 N–H and O–H groups in total. The van der Waals surface area contributed by atoms with Crippen LogP contribution in [0.3, 0.4) is 0 Å². The van der Waals surface area contributed by atoms with E-state index in [2.05, 4.69) is 10.6 Å². The van der Waals surface area contributed by atoms with E-state index in [0.717, 1.165) is 25.7 Å². The van der Waals surface area contributed by atoms with Crippen LogP contribution in [-0.4, -0.2) is 47.2 Å². The first-order chi connectivity index (χ1) is 11.6. The number of carbonyl (C=O) groups is 2. The van der Waals surface area contributed by atoms with Crippen molar-refractivity contribution in [3.8, 4) is 0 Å². The lowest BCUT2D eigenvalue weighted by atomic mass is 10.1. The maximum absolute atomic E-state index is 12.2. The average molecular weight is 331 g/mol. The third kappa shape index (κ3) is 4.26. The van der Waals surface area contributed by atoms with Crippen LogP contribution in [0, 0.1) is 0 Å². The molecule has 1 aromatic carbocycles. The van der Waals surface area contributed by atoms with Crippen LogP contribution >= 0.6 is 0 Å². The van der Waals surface area contributed by atoms with Crippen LogP contribution in [0.4, 0.5) is 10.5 Å². The first kappa shape index (κ1) is 16.8. The number of β-amino-alcohol motifs (C(OH)–C–C–N with tert-alkyl or cyclic N) is 1. The SMILES string of the molecule is O=C(NC1CCCC1)c1ccc(NC(=O)N2CCC[C@@H](O)C2)cc1. The lowest BCUT2D eigenvalue weighted by Crippen LogP contribution is -2.44. The molecule has 6 nitrogen and oxygen atoms in total. The molecular weight excluding hydrogens is 306 g/mol. The molecule has 2 aliphatic rings. The van der Waals surface area contributed by atoms with Crippen molar-refractivity contribution < 1.29 is 14.7 Å². The van der Waals surface area contributed by atoms with Crippen LogP contribution in [0.5, 0.6) is 0 Å². The Bertz CT molecular complexity index is 582. The smallest absolute Gasteiger partial charge is 0.321 e. The summed E-state index contributed by atoms with van der Waals surface area (Å²) in [6.07, 6.45) is 5.60. The number of nitrogens with zero attached hydrogens (tertiary/aromatic N) is 1. The summed E-state index contributed by atoms with van der Waals surface area (Å²) in [6.45, 7) is 1.03. The second kappa shape index (κ2) is 7.66. The van der Waals surface area contributed by atoms with E-state index in [1.54, 1.807) is 29.2 Å². The summed E-state index contributed by atoms with van der Waals surface area (Å²) in [5, 5.41) is 15.5. The Morgan fingerprint density at radius 3 is 2.42 bits per heavy atom. The summed E-state index contributed by atoms with van der Waals surface area (Å²) in [4.78, 5) is 26.0. The molecule has 3 amide bonds. The second-order valence-corrected chi connectivity index (χ2v) is 6.70. The van der Waals surface area contributed by atoms with Crippen molar-refractivity contribution in [2.45, 2.75) is 50.7 Å². The number of aliphatic hydroxyl groups excluding tert-OH is 1. The molecule has 0 aromatic heterocycles. The molecule has 0 unspecified atom stereocenters. The summed E-state index contributed by atoms with van der Waals surface area (Å²) in [6, 6.07) is 7.01. The predicted octanol–water partition coefficient (Wildman–Crippen LogP) is 2.35. The minimum atomic E-state index is -0.439. The van der Waals surface area contributed by atoms with Gasteiger partial charge in [-0.15, -0.1) is 0 Å². The Hall–Kier alpha value is -2.08. The predicted molar refractivity (Wildman–Crippen MR) is 92.0 cm³/mol. The molecule has 6 heteroatoms. The van der Waals surface area contributed by atoms with E-state index < -0.39 is 6.10 Å². The number of anilines is 1. The van der Waals surface area contributed by atoms with Crippen molar-refractivity contribution in [1.29, 1.82) is 0 Å². The van der Waals surface area contributed by atoms with Crippen molar-refractivity contribution in [2.75, 3.05) is 18.4 Å². The van der Waals surface area contributed by atoms with Crippen molar-refractivity contribution in [2.24, 2.45) is 0 Å². The van der Waals surface area contributed by atoms with E-state index in [0.29, 0.717) is 30.4 Å². The van der Waals surface area contributed by atoms with E-state index in [-0.39, 0.29) is 11.9 Å². The maximum Gasteiger partial charge on any atom is 0.321 e. The van der Waals surface area contributed by atoms with Gasteiger partial charge in [0.15, 0.2) is 0 Å². The summed E-state index contributed by atoms with van der Waals surface area (Å²) in [5.41, 5.74) is 1.26. The topological polar surface area (TPSA) is 81.7 Å². The van der Waals surface area contributed by atoms with Crippen LogP contribution in [0.15, 0.2) is 24.3 Å². The molecule has 1 heterocycles. The van der Waals surface area contributed by atoms with Crippen molar-refractivity contribution in [3.63, 3.8) is 0 Å². The molecule has 1 saturated carbocycles. The zero-order valence-corrected chi connectivity index (χ0v) is 13.8. The third-order valence-electron chi connectivity index (χ3n) is 4.77. The van der Waals surface area contributed by atoms with E-state index in [9.17, 15) is 14.7 Å². The Morgan fingerprint density at radius 2 is 1.75 bits per heavy atom. The number of benzene rings is 1. The molecule has 1 saturated heterocycles. The number of amides is 3. The first-order valence-electron chi connectivity index (χ1n) is 8.77. The molecule has 0 spiro atoms. The van der Waals surface area contributed by atoms with Gasteiger partial charge in [-0.3, -0.25) is 4.79 Å². The highest BCUT2D eigenvalue weighted by Crippen LogP contribution is 2.19. The summed E-state index contributed by atoms with van der Waals surface area (Å²) in [5.74, 6) is -0.0565. The van der Waals surface area contributed by atoms with Crippen LogP contribution < -0.4 is 10.6 Å². The Labute approximate surface area is 142 Å². The van der Waals surface area contributed by atoms with Gasteiger partial charge in [-0.2, -0.15) is 0 Å². The fourth-order valence-electron chi connectivity index (χ4n) is 3.39. The number of piperidine rings is 1. The largest absolute Gasteiger partial charge is 0.391 e. The number of urea groups is 1. The minimum absolute atomic E-state index is 0.0565. The Kier molecular flexibility index (Phi) is 5.35. The second-order valence-electron chi connectivity index (χ2n) is 6.70. The van der Waals surface area contributed by atoms with Gasteiger partial charge < -0.3 is 20.6 Å². The molecule has 3 rings (SSSR count). The van der Waals surface area contributed by atoms with Crippen LogP contribution in [0.2, 0.25) is 0 Å². The van der Waals surface area contributed by atoms with Gasteiger partial charge in [-0.05, 0) is 49.9 Å². The molecule has 130 valence electrons. The van der Waals surface area contributed by atoms with Gasteiger partial charge in [0.1, 0.15) is 0 Å². The molecule has 0 bridgehead atoms. The van der Waals surface area contributed by atoms with Gasteiger partial charge in [0.2, 0.25) is 0 Å². The Morgan fingerprint density at radius 1 is 1.04 bits per heavy atom. The normalized spacial score (nSPS) is 21.5. The maximum atomic E-state index is 12.2. The van der Waals surface area contributed by atoms with E-state index in [1.807, 2.05) is 0 Å². The zero-order chi connectivity index (χ0) is 16.9.